The average Bonchev–Trinajstić information content (AvgIpc) is 2.87. The van der Waals surface area contributed by atoms with Gasteiger partial charge >= 0.3 is 5.97 Å². The maximum atomic E-state index is 14.1. The second-order valence-electron chi connectivity index (χ2n) is 5.33. The van der Waals surface area contributed by atoms with Crippen LogP contribution in [0.15, 0.2) is 16.6 Å². The van der Waals surface area contributed by atoms with Crippen molar-refractivity contribution in [2.45, 2.75) is 25.8 Å². The second kappa shape index (κ2) is 5.72. The quantitative estimate of drug-likeness (QED) is 0.874. The number of amides is 1. The molecule has 0 atom stereocenters. The van der Waals surface area contributed by atoms with Crippen molar-refractivity contribution in [2.75, 3.05) is 6.54 Å². The zero-order chi connectivity index (χ0) is 15.9. The molecular formula is C15H14BrFN2O3. The Labute approximate surface area is 134 Å². The number of H-pyrrole nitrogens is 1. The molecule has 0 fully saturated rings. The van der Waals surface area contributed by atoms with E-state index in [1.807, 2.05) is 6.07 Å². The number of carbonyl (C=O) groups is 2. The molecule has 5 nitrogen and oxygen atoms in total. The first-order chi connectivity index (χ1) is 10.5. The predicted molar refractivity (Wildman–Crippen MR) is 81.9 cm³/mol. The van der Waals surface area contributed by atoms with Crippen LogP contribution in [-0.4, -0.2) is 33.4 Å². The minimum atomic E-state index is -0.981. The monoisotopic (exact) mass is 368 g/mol. The maximum absolute atomic E-state index is 14.1. The fourth-order valence-electron chi connectivity index (χ4n) is 2.81. The molecule has 1 aromatic carbocycles. The van der Waals surface area contributed by atoms with Crippen molar-refractivity contribution < 1.29 is 19.1 Å². The second-order valence-corrected chi connectivity index (χ2v) is 6.18. The Kier molecular flexibility index (Phi) is 3.90. The van der Waals surface area contributed by atoms with Gasteiger partial charge in [-0.3, -0.25) is 9.59 Å². The van der Waals surface area contributed by atoms with Crippen molar-refractivity contribution in [2.24, 2.45) is 0 Å². The summed E-state index contributed by atoms with van der Waals surface area (Å²) in [7, 11) is 0. The number of hydrogen-bond acceptors (Lipinski definition) is 2. The van der Waals surface area contributed by atoms with Crippen LogP contribution in [0.3, 0.4) is 0 Å². The number of fused-ring (bicyclic) bond motifs is 3. The van der Waals surface area contributed by atoms with Crippen LogP contribution in [0.2, 0.25) is 0 Å². The van der Waals surface area contributed by atoms with E-state index in [0.29, 0.717) is 29.5 Å². The Bertz CT molecular complexity index is 772. The van der Waals surface area contributed by atoms with Crippen molar-refractivity contribution >= 4 is 38.7 Å². The van der Waals surface area contributed by atoms with Gasteiger partial charge < -0.3 is 15.0 Å². The summed E-state index contributed by atoms with van der Waals surface area (Å²) in [6, 6.07) is 3.47. The van der Waals surface area contributed by atoms with E-state index in [1.165, 1.54) is 0 Å². The third kappa shape index (κ3) is 2.61. The van der Waals surface area contributed by atoms with Gasteiger partial charge in [0.05, 0.1) is 16.4 Å². The minimum Gasteiger partial charge on any atom is -0.481 e. The largest absolute Gasteiger partial charge is 0.481 e. The van der Waals surface area contributed by atoms with Gasteiger partial charge in [-0.05, 0) is 22.0 Å². The zero-order valence-electron chi connectivity index (χ0n) is 11.7. The number of carboxylic acid groups (broad SMARTS) is 1. The summed E-state index contributed by atoms with van der Waals surface area (Å²) >= 11 is 3.16. The van der Waals surface area contributed by atoms with Gasteiger partial charge in [0.25, 0.3) is 0 Å². The van der Waals surface area contributed by atoms with E-state index in [2.05, 4.69) is 20.9 Å². The first-order valence-electron chi connectivity index (χ1n) is 6.94. The van der Waals surface area contributed by atoms with Crippen LogP contribution < -0.4 is 0 Å². The topological polar surface area (TPSA) is 73.4 Å². The summed E-state index contributed by atoms with van der Waals surface area (Å²) in [5.74, 6) is -1.50. The molecule has 1 aliphatic heterocycles. The number of benzene rings is 1. The number of halogens is 2. The Morgan fingerprint density at radius 3 is 2.86 bits per heavy atom. The number of nitrogens with one attached hydrogen (secondary N) is 1. The Balaban J connectivity index is 1.88. The molecule has 22 heavy (non-hydrogen) atoms. The highest BCUT2D eigenvalue weighted by atomic mass is 79.9. The molecule has 2 heterocycles. The van der Waals surface area contributed by atoms with Crippen LogP contribution in [0, 0.1) is 5.82 Å². The van der Waals surface area contributed by atoms with Crippen LogP contribution in [-0.2, 0) is 22.6 Å². The molecule has 1 aliphatic rings. The van der Waals surface area contributed by atoms with Gasteiger partial charge in [0, 0.05) is 42.6 Å². The normalized spacial score (nSPS) is 14.2. The van der Waals surface area contributed by atoms with Gasteiger partial charge in [0.2, 0.25) is 5.91 Å². The third-order valence-corrected chi connectivity index (χ3v) is 4.56. The number of hydrogen-bond donors (Lipinski definition) is 2. The number of aromatic nitrogens is 1. The lowest BCUT2D eigenvalue weighted by Crippen LogP contribution is -2.35. The summed E-state index contributed by atoms with van der Waals surface area (Å²) in [6.07, 6.45) is 0.435. The predicted octanol–water partition coefficient (Wildman–Crippen LogP) is 2.82. The number of rotatable bonds is 3. The average molecular weight is 369 g/mol. The van der Waals surface area contributed by atoms with Gasteiger partial charge in [0.15, 0.2) is 5.82 Å². The first kappa shape index (κ1) is 15.0. The summed E-state index contributed by atoms with van der Waals surface area (Å²) in [5, 5.41) is 9.43. The standard InChI is InChI=1S/C15H14BrFN2O3/c16-10-2-1-8-9-7-19(12(20)3-4-13(21)22)6-5-11(9)18-15(8)14(10)17/h1-2,18H,3-7H2,(H,21,22). The minimum absolute atomic E-state index is 0.00701. The molecule has 2 aromatic rings. The molecule has 0 radical (unpaired) electrons. The van der Waals surface area contributed by atoms with Crippen molar-refractivity contribution in [1.29, 1.82) is 0 Å². The molecule has 3 rings (SSSR count). The van der Waals surface area contributed by atoms with E-state index in [0.717, 1.165) is 16.6 Å². The molecule has 0 spiro atoms. The van der Waals surface area contributed by atoms with Crippen molar-refractivity contribution in [3.05, 3.63) is 33.7 Å². The number of carbonyl (C=O) groups excluding carboxylic acids is 1. The van der Waals surface area contributed by atoms with Gasteiger partial charge in [-0.1, -0.05) is 6.07 Å². The van der Waals surface area contributed by atoms with Crippen LogP contribution in [0.1, 0.15) is 24.1 Å². The van der Waals surface area contributed by atoms with E-state index in [4.69, 9.17) is 5.11 Å². The molecule has 116 valence electrons. The number of nitrogens with zero attached hydrogens (tertiary/aromatic N) is 1. The SMILES string of the molecule is O=C(O)CCC(=O)N1CCc2[nH]c3c(F)c(Br)ccc3c2C1. The smallest absolute Gasteiger partial charge is 0.303 e. The highest BCUT2D eigenvalue weighted by Gasteiger charge is 2.25. The zero-order valence-corrected chi connectivity index (χ0v) is 13.2. The molecule has 7 heteroatoms. The molecule has 0 unspecified atom stereocenters. The fourth-order valence-corrected chi connectivity index (χ4v) is 3.14. The fraction of sp³-hybridized carbons (Fsp3) is 0.333. The third-order valence-electron chi connectivity index (χ3n) is 3.95. The van der Waals surface area contributed by atoms with Crippen molar-refractivity contribution in [1.82, 2.24) is 9.88 Å². The van der Waals surface area contributed by atoms with Crippen LogP contribution in [0.4, 0.5) is 4.39 Å². The van der Waals surface area contributed by atoms with E-state index < -0.39 is 5.97 Å². The molecular weight excluding hydrogens is 355 g/mol. The van der Waals surface area contributed by atoms with Gasteiger partial charge in [0.1, 0.15) is 0 Å². The summed E-state index contributed by atoms with van der Waals surface area (Å²) in [5.41, 5.74) is 2.30. The lowest BCUT2D eigenvalue weighted by molar-refractivity contribution is -0.141. The van der Waals surface area contributed by atoms with E-state index in [-0.39, 0.29) is 24.6 Å². The van der Waals surface area contributed by atoms with Crippen LogP contribution >= 0.6 is 15.9 Å². The van der Waals surface area contributed by atoms with E-state index in [9.17, 15) is 14.0 Å². The van der Waals surface area contributed by atoms with Crippen LogP contribution in [0.25, 0.3) is 10.9 Å². The van der Waals surface area contributed by atoms with Gasteiger partial charge in [-0.25, -0.2) is 4.39 Å². The Morgan fingerprint density at radius 2 is 2.14 bits per heavy atom. The number of aliphatic carboxylic acids is 1. The molecule has 0 bridgehead atoms. The molecule has 0 saturated carbocycles. The maximum Gasteiger partial charge on any atom is 0.303 e. The van der Waals surface area contributed by atoms with Gasteiger partial charge in [-0.2, -0.15) is 0 Å². The summed E-state index contributed by atoms with van der Waals surface area (Å²) < 4.78 is 14.5. The van der Waals surface area contributed by atoms with Crippen LogP contribution in [0.5, 0.6) is 0 Å². The van der Waals surface area contributed by atoms with Crippen molar-refractivity contribution in [3.63, 3.8) is 0 Å². The lowest BCUT2D eigenvalue weighted by atomic mass is 10.0. The molecule has 2 N–H and O–H groups in total. The number of aromatic amines is 1. The molecule has 0 aliphatic carbocycles. The highest BCUT2D eigenvalue weighted by molar-refractivity contribution is 9.10. The summed E-state index contributed by atoms with van der Waals surface area (Å²) in [6.45, 7) is 0.899. The van der Waals surface area contributed by atoms with E-state index in [1.54, 1.807) is 11.0 Å². The van der Waals surface area contributed by atoms with Crippen molar-refractivity contribution in [3.8, 4) is 0 Å². The molecule has 1 amide bonds. The first-order valence-corrected chi connectivity index (χ1v) is 7.73. The Morgan fingerprint density at radius 1 is 1.36 bits per heavy atom. The molecule has 1 aromatic heterocycles. The lowest BCUT2D eigenvalue weighted by Gasteiger charge is -2.27. The van der Waals surface area contributed by atoms with E-state index >= 15 is 0 Å². The highest BCUT2D eigenvalue weighted by Crippen LogP contribution is 2.32. The number of carboxylic acids is 1. The van der Waals surface area contributed by atoms with Gasteiger partial charge in [-0.15, -0.1) is 0 Å². The summed E-state index contributed by atoms with van der Waals surface area (Å²) in [4.78, 5) is 27.4. The molecule has 0 saturated heterocycles. The Hall–Kier alpha value is -1.89.